The standard InChI is InChI=1S/C10H18N2O/c1-8(11)9(13)12-6-5-10(7-12)3-2-4-10/h8H,2-7,11H2,1H3/t8-/m0/s1. The predicted octanol–water partition coefficient (Wildman–Crippen LogP) is 0.736. The lowest BCUT2D eigenvalue weighted by atomic mass is 9.68. The van der Waals surface area contributed by atoms with Gasteiger partial charge in [0.15, 0.2) is 0 Å². The number of amides is 1. The minimum Gasteiger partial charge on any atom is -0.341 e. The molecule has 0 bridgehead atoms. The van der Waals surface area contributed by atoms with Crippen LogP contribution in [-0.4, -0.2) is 29.9 Å². The lowest BCUT2D eigenvalue weighted by molar-refractivity contribution is -0.131. The van der Waals surface area contributed by atoms with Gasteiger partial charge in [0.2, 0.25) is 5.91 Å². The van der Waals surface area contributed by atoms with E-state index >= 15 is 0 Å². The minimum absolute atomic E-state index is 0.128. The predicted molar refractivity (Wildman–Crippen MR) is 51.1 cm³/mol. The Morgan fingerprint density at radius 1 is 1.46 bits per heavy atom. The molecule has 0 aromatic carbocycles. The van der Waals surface area contributed by atoms with Gasteiger partial charge in [-0.3, -0.25) is 4.79 Å². The van der Waals surface area contributed by atoms with Gasteiger partial charge in [0, 0.05) is 13.1 Å². The molecule has 74 valence electrons. The second-order valence-electron chi connectivity index (χ2n) is 4.65. The fourth-order valence-electron chi connectivity index (χ4n) is 2.50. The molecule has 3 nitrogen and oxygen atoms in total. The van der Waals surface area contributed by atoms with Crippen molar-refractivity contribution in [1.29, 1.82) is 0 Å². The number of carbonyl (C=O) groups is 1. The van der Waals surface area contributed by atoms with Crippen molar-refractivity contribution >= 4 is 5.91 Å². The topological polar surface area (TPSA) is 46.3 Å². The molecule has 1 atom stereocenters. The van der Waals surface area contributed by atoms with E-state index in [9.17, 15) is 4.79 Å². The smallest absolute Gasteiger partial charge is 0.239 e. The Hall–Kier alpha value is -0.570. The van der Waals surface area contributed by atoms with E-state index in [1.54, 1.807) is 6.92 Å². The molecule has 1 saturated heterocycles. The van der Waals surface area contributed by atoms with Gasteiger partial charge in [-0.15, -0.1) is 0 Å². The third kappa shape index (κ3) is 1.46. The third-order valence-electron chi connectivity index (χ3n) is 3.55. The first-order chi connectivity index (χ1) is 6.13. The molecule has 2 N–H and O–H groups in total. The average molecular weight is 182 g/mol. The first kappa shape index (κ1) is 9.00. The molecule has 13 heavy (non-hydrogen) atoms. The number of hydrogen-bond donors (Lipinski definition) is 1. The van der Waals surface area contributed by atoms with E-state index in [4.69, 9.17) is 5.73 Å². The maximum Gasteiger partial charge on any atom is 0.239 e. The molecule has 0 aromatic heterocycles. The summed E-state index contributed by atoms with van der Waals surface area (Å²) in [6.45, 7) is 3.67. The molecule has 2 rings (SSSR count). The monoisotopic (exact) mass is 182 g/mol. The number of rotatable bonds is 1. The van der Waals surface area contributed by atoms with E-state index in [1.807, 2.05) is 4.90 Å². The van der Waals surface area contributed by atoms with Crippen molar-refractivity contribution in [3.63, 3.8) is 0 Å². The van der Waals surface area contributed by atoms with Crippen molar-refractivity contribution in [2.75, 3.05) is 13.1 Å². The van der Waals surface area contributed by atoms with Crippen LogP contribution in [0.15, 0.2) is 0 Å². The first-order valence-electron chi connectivity index (χ1n) is 5.17. The maximum atomic E-state index is 11.6. The molecule has 0 radical (unpaired) electrons. The van der Waals surface area contributed by atoms with Crippen LogP contribution in [0.25, 0.3) is 0 Å². The van der Waals surface area contributed by atoms with Gasteiger partial charge in [-0.1, -0.05) is 6.42 Å². The summed E-state index contributed by atoms with van der Waals surface area (Å²) in [5, 5.41) is 0. The Labute approximate surface area is 79.3 Å². The minimum atomic E-state index is -0.324. The van der Waals surface area contributed by atoms with Gasteiger partial charge in [-0.25, -0.2) is 0 Å². The number of carbonyl (C=O) groups excluding carboxylic acids is 1. The summed E-state index contributed by atoms with van der Waals surface area (Å²) < 4.78 is 0. The number of nitrogens with zero attached hydrogens (tertiary/aromatic N) is 1. The average Bonchev–Trinajstić information content (AvgIpc) is 2.45. The molecule has 1 saturated carbocycles. The van der Waals surface area contributed by atoms with E-state index in [0.717, 1.165) is 13.1 Å². The molecule has 0 unspecified atom stereocenters. The number of nitrogens with two attached hydrogens (primary N) is 1. The molecule has 1 aliphatic heterocycles. The van der Waals surface area contributed by atoms with Gasteiger partial charge in [0.1, 0.15) is 0 Å². The second kappa shape index (κ2) is 2.98. The van der Waals surface area contributed by atoms with Crippen molar-refractivity contribution in [2.24, 2.45) is 11.1 Å². The Kier molecular flexibility index (Phi) is 2.06. The summed E-state index contributed by atoms with van der Waals surface area (Å²) >= 11 is 0. The van der Waals surface area contributed by atoms with E-state index < -0.39 is 0 Å². The summed E-state index contributed by atoms with van der Waals surface area (Å²) in [6.07, 6.45) is 5.18. The summed E-state index contributed by atoms with van der Waals surface area (Å²) in [7, 11) is 0. The fraction of sp³-hybridized carbons (Fsp3) is 0.900. The van der Waals surface area contributed by atoms with Gasteiger partial charge in [0.25, 0.3) is 0 Å². The molecular formula is C10H18N2O. The lowest BCUT2D eigenvalue weighted by Gasteiger charge is -2.38. The van der Waals surface area contributed by atoms with Crippen molar-refractivity contribution in [3.05, 3.63) is 0 Å². The van der Waals surface area contributed by atoms with E-state index in [2.05, 4.69) is 0 Å². The Bertz CT molecular complexity index is 221. The van der Waals surface area contributed by atoms with Crippen molar-refractivity contribution in [1.82, 2.24) is 4.90 Å². The van der Waals surface area contributed by atoms with Gasteiger partial charge >= 0.3 is 0 Å². The van der Waals surface area contributed by atoms with Crippen molar-refractivity contribution < 1.29 is 4.79 Å². The van der Waals surface area contributed by atoms with Crippen LogP contribution in [0.1, 0.15) is 32.6 Å². The van der Waals surface area contributed by atoms with Crippen LogP contribution in [0.4, 0.5) is 0 Å². The molecular weight excluding hydrogens is 164 g/mol. The highest BCUT2D eigenvalue weighted by Gasteiger charge is 2.44. The van der Waals surface area contributed by atoms with Crippen LogP contribution in [0, 0.1) is 5.41 Å². The number of likely N-dealkylation sites (tertiary alicyclic amines) is 1. The van der Waals surface area contributed by atoms with Gasteiger partial charge < -0.3 is 10.6 Å². The zero-order valence-electron chi connectivity index (χ0n) is 8.25. The van der Waals surface area contributed by atoms with Crippen molar-refractivity contribution in [3.8, 4) is 0 Å². The van der Waals surface area contributed by atoms with Crippen LogP contribution < -0.4 is 5.73 Å². The second-order valence-corrected chi connectivity index (χ2v) is 4.65. The van der Waals surface area contributed by atoms with E-state index in [0.29, 0.717) is 5.41 Å². The van der Waals surface area contributed by atoms with Crippen molar-refractivity contribution in [2.45, 2.75) is 38.6 Å². The largest absolute Gasteiger partial charge is 0.341 e. The molecule has 3 heteroatoms. The van der Waals surface area contributed by atoms with E-state index in [-0.39, 0.29) is 11.9 Å². The molecule has 1 amide bonds. The number of hydrogen-bond acceptors (Lipinski definition) is 2. The summed E-state index contributed by atoms with van der Waals surface area (Å²) in [4.78, 5) is 13.5. The lowest BCUT2D eigenvalue weighted by Crippen LogP contribution is -2.42. The summed E-state index contributed by atoms with van der Waals surface area (Å²) in [6, 6.07) is -0.324. The first-order valence-corrected chi connectivity index (χ1v) is 5.17. The van der Waals surface area contributed by atoms with Gasteiger partial charge in [-0.2, -0.15) is 0 Å². The Morgan fingerprint density at radius 2 is 2.15 bits per heavy atom. The molecule has 1 heterocycles. The highest BCUT2D eigenvalue weighted by atomic mass is 16.2. The summed E-state index contributed by atoms with van der Waals surface area (Å²) in [5.41, 5.74) is 6.08. The molecule has 1 spiro atoms. The van der Waals surface area contributed by atoms with Crippen LogP contribution in [0.3, 0.4) is 0 Å². The zero-order valence-corrected chi connectivity index (χ0v) is 8.25. The van der Waals surface area contributed by atoms with Crippen LogP contribution in [0.5, 0.6) is 0 Å². The van der Waals surface area contributed by atoms with E-state index in [1.165, 1.54) is 25.7 Å². The molecule has 1 aliphatic carbocycles. The van der Waals surface area contributed by atoms with Crippen LogP contribution in [-0.2, 0) is 4.79 Å². The fourth-order valence-corrected chi connectivity index (χ4v) is 2.50. The molecule has 0 aromatic rings. The van der Waals surface area contributed by atoms with Gasteiger partial charge in [-0.05, 0) is 31.6 Å². The molecule has 2 fully saturated rings. The van der Waals surface area contributed by atoms with Crippen LogP contribution >= 0.6 is 0 Å². The quantitative estimate of drug-likeness (QED) is 0.650. The SMILES string of the molecule is C[C@H](N)C(=O)N1CCC2(CCC2)C1. The highest BCUT2D eigenvalue weighted by molar-refractivity contribution is 5.81. The van der Waals surface area contributed by atoms with Gasteiger partial charge in [0.05, 0.1) is 6.04 Å². The maximum absolute atomic E-state index is 11.6. The summed E-state index contributed by atoms with van der Waals surface area (Å²) in [5.74, 6) is 0.128. The van der Waals surface area contributed by atoms with Crippen LogP contribution in [0.2, 0.25) is 0 Å². The normalized spacial score (nSPS) is 27.4. The zero-order chi connectivity index (χ0) is 9.47. The molecule has 2 aliphatic rings. The Balaban J connectivity index is 1.94. The third-order valence-corrected chi connectivity index (χ3v) is 3.55. The Morgan fingerprint density at radius 3 is 2.54 bits per heavy atom. The highest BCUT2D eigenvalue weighted by Crippen LogP contribution is 2.47.